The van der Waals surface area contributed by atoms with Crippen LogP contribution in [0.5, 0.6) is 0 Å². The van der Waals surface area contributed by atoms with Crippen LogP contribution in [0.15, 0.2) is 24.3 Å². The maximum absolute atomic E-state index is 9.20. The lowest BCUT2D eigenvalue weighted by molar-refractivity contribution is 0.418. The Morgan fingerprint density at radius 1 is 1.25 bits per heavy atom. The summed E-state index contributed by atoms with van der Waals surface area (Å²) in [6.07, 6.45) is 1.74. The van der Waals surface area contributed by atoms with Crippen LogP contribution in [-0.4, -0.2) is 22.3 Å². The van der Waals surface area contributed by atoms with Gasteiger partial charge in [-0.3, -0.25) is 0 Å². The molecule has 20 heavy (non-hydrogen) atoms. The molecule has 0 unspecified atom stereocenters. The first-order chi connectivity index (χ1) is 9.63. The Balaban J connectivity index is 2.40. The molecule has 0 spiro atoms. The molecule has 3 N–H and O–H groups in total. The average molecular weight is 269 g/mol. The molecule has 104 valence electrons. The van der Waals surface area contributed by atoms with Crippen LogP contribution in [0.1, 0.15) is 32.4 Å². The van der Waals surface area contributed by atoms with Crippen LogP contribution in [0, 0.1) is 11.3 Å². The summed E-state index contributed by atoms with van der Waals surface area (Å²) in [5.41, 5.74) is 7.81. The fraction of sp³-hybridized carbons (Fsp3) is 0.400. The number of fused-ring (bicyclic) bond motifs is 1. The van der Waals surface area contributed by atoms with Crippen molar-refractivity contribution in [2.45, 2.75) is 32.2 Å². The first-order valence-corrected chi connectivity index (χ1v) is 6.82. The van der Waals surface area contributed by atoms with Crippen molar-refractivity contribution in [2.75, 3.05) is 11.9 Å². The van der Waals surface area contributed by atoms with Gasteiger partial charge >= 0.3 is 0 Å². The van der Waals surface area contributed by atoms with E-state index in [0.29, 0.717) is 12.2 Å². The second-order valence-corrected chi connectivity index (χ2v) is 4.98. The summed E-state index contributed by atoms with van der Waals surface area (Å²) in [4.78, 5) is 0. The van der Waals surface area contributed by atoms with Crippen molar-refractivity contribution in [3.05, 3.63) is 30.0 Å². The fourth-order valence-corrected chi connectivity index (χ4v) is 2.08. The molecule has 1 aromatic carbocycles. The van der Waals surface area contributed by atoms with Crippen LogP contribution in [-0.2, 0) is 0 Å². The summed E-state index contributed by atoms with van der Waals surface area (Å²) in [6, 6.07) is 9.72. The predicted octanol–water partition coefficient (Wildman–Crippen LogP) is 2.43. The molecule has 0 radical (unpaired) electrons. The van der Waals surface area contributed by atoms with Gasteiger partial charge in [0.25, 0.3) is 0 Å². The molecule has 5 heteroatoms. The zero-order valence-corrected chi connectivity index (χ0v) is 11.8. The standard InChI is InChI=1S/C15H19N5/c1-3-15(17,4-2)10-18-14-11-7-5-6-8-12(11)19-20-13(14)9-16/h5-8H,3-4,10,17H2,1-2H3,(H,18,19). The van der Waals surface area contributed by atoms with Crippen LogP contribution >= 0.6 is 0 Å². The Labute approximate surface area is 118 Å². The summed E-state index contributed by atoms with van der Waals surface area (Å²) < 4.78 is 0. The van der Waals surface area contributed by atoms with E-state index < -0.39 is 0 Å². The summed E-state index contributed by atoms with van der Waals surface area (Å²) in [5.74, 6) is 0. The lowest BCUT2D eigenvalue weighted by atomic mass is 9.94. The van der Waals surface area contributed by atoms with Gasteiger partial charge in [0, 0.05) is 17.5 Å². The molecule has 2 aromatic rings. The molecule has 0 saturated carbocycles. The first kappa shape index (κ1) is 14.2. The molecule has 0 aliphatic carbocycles. The van der Waals surface area contributed by atoms with E-state index in [2.05, 4.69) is 35.4 Å². The van der Waals surface area contributed by atoms with Crippen molar-refractivity contribution in [1.29, 1.82) is 5.26 Å². The highest BCUT2D eigenvalue weighted by Gasteiger charge is 2.21. The molecule has 0 fully saturated rings. The van der Waals surface area contributed by atoms with Gasteiger partial charge in [0.05, 0.1) is 11.2 Å². The summed E-state index contributed by atoms with van der Waals surface area (Å²) in [6.45, 7) is 4.74. The van der Waals surface area contributed by atoms with E-state index in [1.807, 2.05) is 24.3 Å². The van der Waals surface area contributed by atoms with Gasteiger partial charge in [-0.1, -0.05) is 32.0 Å². The van der Waals surface area contributed by atoms with Crippen molar-refractivity contribution in [3.63, 3.8) is 0 Å². The Hall–Kier alpha value is -2.19. The molecule has 1 heterocycles. The van der Waals surface area contributed by atoms with Gasteiger partial charge in [-0.25, -0.2) is 0 Å². The van der Waals surface area contributed by atoms with E-state index in [1.165, 1.54) is 0 Å². The third-order valence-corrected chi connectivity index (χ3v) is 3.80. The smallest absolute Gasteiger partial charge is 0.186 e. The van der Waals surface area contributed by atoms with Gasteiger partial charge in [-0.2, -0.15) is 5.26 Å². The largest absolute Gasteiger partial charge is 0.380 e. The number of hydrogen-bond acceptors (Lipinski definition) is 5. The van der Waals surface area contributed by atoms with Gasteiger partial charge in [0.1, 0.15) is 6.07 Å². The number of nitrogens with one attached hydrogen (secondary N) is 1. The maximum atomic E-state index is 9.20. The zero-order valence-electron chi connectivity index (χ0n) is 11.8. The van der Waals surface area contributed by atoms with Crippen molar-refractivity contribution in [3.8, 4) is 6.07 Å². The maximum Gasteiger partial charge on any atom is 0.186 e. The van der Waals surface area contributed by atoms with Crippen molar-refractivity contribution in [2.24, 2.45) is 5.73 Å². The summed E-state index contributed by atoms with van der Waals surface area (Å²) in [5, 5.41) is 21.4. The monoisotopic (exact) mass is 269 g/mol. The quantitative estimate of drug-likeness (QED) is 0.870. The number of nitrogens with zero attached hydrogens (tertiary/aromatic N) is 3. The molecular formula is C15H19N5. The summed E-state index contributed by atoms with van der Waals surface area (Å²) >= 11 is 0. The molecule has 0 aliphatic rings. The molecule has 2 rings (SSSR count). The SMILES string of the molecule is CCC(N)(CC)CNc1c(C#N)nnc2ccccc12. The predicted molar refractivity (Wildman–Crippen MR) is 80.2 cm³/mol. The van der Waals surface area contributed by atoms with Gasteiger partial charge in [0.15, 0.2) is 5.69 Å². The Kier molecular flexibility index (Phi) is 4.16. The molecule has 5 nitrogen and oxygen atoms in total. The molecule has 1 aromatic heterocycles. The lowest BCUT2D eigenvalue weighted by Gasteiger charge is -2.27. The second-order valence-electron chi connectivity index (χ2n) is 4.98. The lowest BCUT2D eigenvalue weighted by Crippen LogP contribution is -2.45. The Bertz CT molecular complexity index is 640. The third-order valence-electron chi connectivity index (χ3n) is 3.80. The minimum atomic E-state index is -0.281. The minimum absolute atomic E-state index is 0.281. The number of benzene rings is 1. The van der Waals surface area contributed by atoms with E-state index in [0.717, 1.165) is 29.4 Å². The first-order valence-electron chi connectivity index (χ1n) is 6.82. The Morgan fingerprint density at radius 2 is 1.95 bits per heavy atom. The van der Waals surface area contributed by atoms with Gasteiger partial charge < -0.3 is 11.1 Å². The van der Waals surface area contributed by atoms with Crippen molar-refractivity contribution >= 4 is 16.6 Å². The highest BCUT2D eigenvalue weighted by molar-refractivity contribution is 5.92. The number of nitrogens with two attached hydrogens (primary N) is 1. The molecule has 0 aliphatic heterocycles. The number of hydrogen-bond donors (Lipinski definition) is 2. The van der Waals surface area contributed by atoms with E-state index >= 15 is 0 Å². The molecule has 0 atom stereocenters. The van der Waals surface area contributed by atoms with Gasteiger partial charge in [-0.05, 0) is 18.9 Å². The normalized spacial score (nSPS) is 11.3. The topological polar surface area (TPSA) is 87.6 Å². The van der Waals surface area contributed by atoms with Crippen molar-refractivity contribution < 1.29 is 0 Å². The van der Waals surface area contributed by atoms with Gasteiger partial charge in [0.2, 0.25) is 0 Å². The minimum Gasteiger partial charge on any atom is -0.380 e. The summed E-state index contributed by atoms with van der Waals surface area (Å²) in [7, 11) is 0. The zero-order chi connectivity index (χ0) is 14.6. The van der Waals surface area contributed by atoms with Crippen LogP contribution in [0.2, 0.25) is 0 Å². The van der Waals surface area contributed by atoms with E-state index in [-0.39, 0.29) is 5.54 Å². The number of anilines is 1. The number of rotatable bonds is 5. The number of nitriles is 1. The average Bonchev–Trinajstić information content (AvgIpc) is 2.52. The molecule has 0 amide bonds. The van der Waals surface area contributed by atoms with E-state index in [1.54, 1.807) is 0 Å². The Morgan fingerprint density at radius 3 is 2.60 bits per heavy atom. The van der Waals surface area contributed by atoms with Crippen LogP contribution in [0.4, 0.5) is 5.69 Å². The van der Waals surface area contributed by atoms with Crippen LogP contribution in [0.3, 0.4) is 0 Å². The second kappa shape index (κ2) is 5.85. The highest BCUT2D eigenvalue weighted by Crippen LogP contribution is 2.24. The van der Waals surface area contributed by atoms with E-state index in [4.69, 9.17) is 5.73 Å². The third kappa shape index (κ3) is 2.70. The molecule has 0 saturated heterocycles. The number of aromatic nitrogens is 2. The molecule has 0 bridgehead atoms. The highest BCUT2D eigenvalue weighted by atomic mass is 15.1. The van der Waals surface area contributed by atoms with Crippen LogP contribution < -0.4 is 11.1 Å². The molecular weight excluding hydrogens is 250 g/mol. The fourth-order valence-electron chi connectivity index (χ4n) is 2.08. The van der Waals surface area contributed by atoms with Gasteiger partial charge in [-0.15, -0.1) is 10.2 Å². The van der Waals surface area contributed by atoms with Crippen LogP contribution in [0.25, 0.3) is 10.9 Å². The van der Waals surface area contributed by atoms with E-state index in [9.17, 15) is 5.26 Å². The van der Waals surface area contributed by atoms with Crippen molar-refractivity contribution in [1.82, 2.24) is 10.2 Å².